The van der Waals surface area contributed by atoms with Crippen LogP contribution in [0.15, 0.2) is 6.20 Å². The molecule has 0 aliphatic carbocycles. The summed E-state index contributed by atoms with van der Waals surface area (Å²) >= 11 is 5.78. The molecule has 1 heterocycles. The van der Waals surface area contributed by atoms with E-state index in [9.17, 15) is 4.79 Å². The van der Waals surface area contributed by atoms with Gasteiger partial charge in [0.1, 0.15) is 10.7 Å². The van der Waals surface area contributed by atoms with Gasteiger partial charge in [-0.1, -0.05) is 11.6 Å². The Morgan fingerprint density at radius 2 is 2.50 bits per heavy atom. The molecule has 0 bridgehead atoms. The lowest BCUT2D eigenvalue weighted by atomic mass is 10.4. The molecule has 0 aliphatic rings. The Labute approximate surface area is 86.2 Å². The summed E-state index contributed by atoms with van der Waals surface area (Å²) in [5, 5.41) is 12.7. The van der Waals surface area contributed by atoms with Gasteiger partial charge in [-0.25, -0.2) is 4.79 Å². The lowest BCUT2D eigenvalue weighted by Gasteiger charge is -2.01. The number of aryl methyl sites for hydroxylation is 1. The maximum atomic E-state index is 10.6. The van der Waals surface area contributed by atoms with E-state index in [4.69, 9.17) is 21.4 Å². The predicted molar refractivity (Wildman–Crippen MR) is 50.7 cm³/mol. The molecule has 14 heavy (non-hydrogen) atoms. The maximum absolute atomic E-state index is 10.6. The molecular formula is C8H11ClN2O3. The number of nitrogens with zero attached hydrogens (tertiary/aromatic N) is 2. The van der Waals surface area contributed by atoms with E-state index in [0.29, 0.717) is 13.2 Å². The molecule has 0 radical (unpaired) electrons. The fourth-order valence-electron chi connectivity index (χ4n) is 1.03. The van der Waals surface area contributed by atoms with Crippen molar-refractivity contribution in [2.75, 3.05) is 13.7 Å². The monoisotopic (exact) mass is 218 g/mol. The summed E-state index contributed by atoms with van der Waals surface area (Å²) in [6.07, 6.45) is 1.99. The smallest absolute Gasteiger partial charge is 0.340 e. The highest BCUT2D eigenvalue weighted by atomic mass is 35.5. The van der Waals surface area contributed by atoms with Crippen LogP contribution < -0.4 is 0 Å². The number of aromatic nitrogens is 2. The molecule has 78 valence electrons. The zero-order chi connectivity index (χ0) is 10.6. The second-order valence-electron chi connectivity index (χ2n) is 2.72. The van der Waals surface area contributed by atoms with Crippen LogP contribution in [0.3, 0.4) is 0 Å². The summed E-state index contributed by atoms with van der Waals surface area (Å²) in [7, 11) is 1.60. The fraction of sp³-hybridized carbons (Fsp3) is 0.500. The maximum Gasteiger partial charge on any atom is 0.340 e. The van der Waals surface area contributed by atoms with Gasteiger partial charge >= 0.3 is 5.97 Å². The Hall–Kier alpha value is -1.07. The van der Waals surface area contributed by atoms with Crippen molar-refractivity contribution in [3.63, 3.8) is 0 Å². The van der Waals surface area contributed by atoms with Gasteiger partial charge in [0, 0.05) is 20.3 Å². The topological polar surface area (TPSA) is 64.4 Å². The van der Waals surface area contributed by atoms with Gasteiger partial charge in [-0.2, -0.15) is 5.10 Å². The fourth-order valence-corrected chi connectivity index (χ4v) is 1.29. The zero-order valence-corrected chi connectivity index (χ0v) is 8.49. The van der Waals surface area contributed by atoms with E-state index < -0.39 is 5.97 Å². The highest BCUT2D eigenvalue weighted by Crippen LogP contribution is 2.15. The third kappa shape index (κ3) is 2.46. The normalized spacial score (nSPS) is 10.4. The highest BCUT2D eigenvalue weighted by Gasteiger charge is 2.13. The number of aromatic carboxylic acids is 1. The van der Waals surface area contributed by atoms with Crippen LogP contribution in [0.2, 0.25) is 5.15 Å². The average Bonchev–Trinajstić information content (AvgIpc) is 2.48. The van der Waals surface area contributed by atoms with E-state index in [1.54, 1.807) is 7.11 Å². The Morgan fingerprint density at radius 1 is 1.79 bits per heavy atom. The van der Waals surface area contributed by atoms with Crippen molar-refractivity contribution >= 4 is 17.6 Å². The van der Waals surface area contributed by atoms with Crippen molar-refractivity contribution in [2.24, 2.45) is 0 Å². The first kappa shape index (κ1) is 11.0. The van der Waals surface area contributed by atoms with Crippen molar-refractivity contribution < 1.29 is 14.6 Å². The third-order valence-corrected chi connectivity index (χ3v) is 2.12. The van der Waals surface area contributed by atoms with Crippen LogP contribution >= 0.6 is 11.6 Å². The van der Waals surface area contributed by atoms with Crippen LogP contribution in [-0.2, 0) is 11.3 Å². The van der Waals surface area contributed by atoms with Crippen molar-refractivity contribution in [3.8, 4) is 0 Å². The molecule has 0 saturated carbocycles. The summed E-state index contributed by atoms with van der Waals surface area (Å²) in [4.78, 5) is 10.6. The molecule has 1 N–H and O–H groups in total. The van der Waals surface area contributed by atoms with Crippen molar-refractivity contribution in [2.45, 2.75) is 13.0 Å². The van der Waals surface area contributed by atoms with Gasteiger partial charge in [0.2, 0.25) is 0 Å². The first-order valence-electron chi connectivity index (χ1n) is 4.10. The minimum absolute atomic E-state index is 0.0316. The van der Waals surface area contributed by atoms with Gasteiger partial charge in [0.25, 0.3) is 0 Å². The number of methoxy groups -OCH3 is 1. The number of carboxylic acid groups (broad SMARTS) is 1. The van der Waals surface area contributed by atoms with Crippen LogP contribution in [0.4, 0.5) is 0 Å². The predicted octanol–water partition coefficient (Wildman–Crippen LogP) is 1.27. The number of carboxylic acids is 1. The average molecular weight is 219 g/mol. The quantitative estimate of drug-likeness (QED) is 0.756. The number of carbonyl (C=O) groups is 1. The van der Waals surface area contributed by atoms with Gasteiger partial charge in [0.05, 0.1) is 6.20 Å². The number of rotatable bonds is 5. The van der Waals surface area contributed by atoms with Crippen molar-refractivity contribution in [1.29, 1.82) is 0 Å². The summed E-state index contributed by atoms with van der Waals surface area (Å²) in [6, 6.07) is 0. The van der Waals surface area contributed by atoms with Crippen LogP contribution in [0, 0.1) is 0 Å². The van der Waals surface area contributed by atoms with Gasteiger partial charge in [-0.15, -0.1) is 0 Å². The molecule has 5 nitrogen and oxygen atoms in total. The number of hydrogen-bond donors (Lipinski definition) is 1. The summed E-state index contributed by atoms with van der Waals surface area (Å²) in [5.74, 6) is -1.06. The van der Waals surface area contributed by atoms with E-state index in [1.165, 1.54) is 10.9 Å². The SMILES string of the molecule is COCCCn1ncc(C(=O)O)c1Cl. The van der Waals surface area contributed by atoms with E-state index in [0.717, 1.165) is 6.42 Å². The molecule has 1 aromatic heterocycles. The summed E-state index contributed by atoms with van der Waals surface area (Å²) in [6.45, 7) is 1.15. The van der Waals surface area contributed by atoms with E-state index >= 15 is 0 Å². The van der Waals surface area contributed by atoms with E-state index in [1.807, 2.05) is 0 Å². The third-order valence-electron chi connectivity index (χ3n) is 1.72. The minimum Gasteiger partial charge on any atom is -0.478 e. The van der Waals surface area contributed by atoms with Gasteiger partial charge in [0.15, 0.2) is 0 Å². The Kier molecular flexibility index (Phi) is 3.91. The Morgan fingerprint density at radius 3 is 3.00 bits per heavy atom. The minimum atomic E-state index is -1.06. The second-order valence-corrected chi connectivity index (χ2v) is 3.08. The molecule has 6 heteroatoms. The molecule has 0 unspecified atom stereocenters. The second kappa shape index (κ2) is 4.97. The molecule has 0 amide bonds. The van der Waals surface area contributed by atoms with Gasteiger partial charge < -0.3 is 9.84 Å². The van der Waals surface area contributed by atoms with Crippen molar-refractivity contribution in [3.05, 3.63) is 16.9 Å². The van der Waals surface area contributed by atoms with E-state index in [2.05, 4.69) is 5.10 Å². The Bertz CT molecular complexity index is 324. The molecular weight excluding hydrogens is 208 g/mol. The lowest BCUT2D eigenvalue weighted by molar-refractivity contribution is 0.0697. The van der Waals surface area contributed by atoms with Crippen LogP contribution in [-0.4, -0.2) is 34.6 Å². The highest BCUT2D eigenvalue weighted by molar-refractivity contribution is 6.32. The Balaban J connectivity index is 2.65. The standard InChI is InChI=1S/C8H11ClN2O3/c1-14-4-2-3-11-7(9)6(5-10-11)8(12)13/h5H,2-4H2,1H3,(H,12,13). The first-order valence-corrected chi connectivity index (χ1v) is 4.48. The van der Waals surface area contributed by atoms with Gasteiger partial charge in [-0.3, -0.25) is 4.68 Å². The molecule has 0 aliphatic heterocycles. The summed E-state index contributed by atoms with van der Waals surface area (Å²) in [5.41, 5.74) is 0.0316. The molecule has 1 rings (SSSR count). The van der Waals surface area contributed by atoms with Crippen LogP contribution in [0.1, 0.15) is 16.8 Å². The molecule has 1 aromatic rings. The lowest BCUT2D eigenvalue weighted by Crippen LogP contribution is -2.04. The molecule has 0 saturated heterocycles. The van der Waals surface area contributed by atoms with Gasteiger partial charge in [-0.05, 0) is 6.42 Å². The van der Waals surface area contributed by atoms with E-state index in [-0.39, 0.29) is 10.7 Å². The molecule has 0 atom stereocenters. The van der Waals surface area contributed by atoms with Crippen molar-refractivity contribution in [1.82, 2.24) is 9.78 Å². The first-order chi connectivity index (χ1) is 6.66. The molecule has 0 aromatic carbocycles. The number of ether oxygens (including phenoxy) is 1. The summed E-state index contributed by atoms with van der Waals surface area (Å²) < 4.78 is 6.31. The zero-order valence-electron chi connectivity index (χ0n) is 7.73. The largest absolute Gasteiger partial charge is 0.478 e. The molecule has 0 spiro atoms. The number of halogens is 1. The molecule has 0 fully saturated rings. The number of hydrogen-bond acceptors (Lipinski definition) is 3. The van der Waals surface area contributed by atoms with Crippen LogP contribution in [0.25, 0.3) is 0 Å². The van der Waals surface area contributed by atoms with Crippen LogP contribution in [0.5, 0.6) is 0 Å².